The molecule has 0 radical (unpaired) electrons. The van der Waals surface area contributed by atoms with Crippen LogP contribution in [0, 0.1) is 0 Å². The second-order valence-corrected chi connectivity index (χ2v) is 6.46. The average Bonchev–Trinajstić information content (AvgIpc) is 2.68. The average molecular weight is 348 g/mol. The molecule has 0 spiro atoms. The lowest BCUT2D eigenvalue weighted by atomic mass is 10.1. The molecule has 1 N–H and O–H groups in total. The Morgan fingerprint density at radius 1 is 0.960 bits per heavy atom. The maximum atomic E-state index is 5.54. The van der Waals surface area contributed by atoms with E-state index in [2.05, 4.69) is 46.9 Å². The molecule has 0 atom stereocenters. The highest BCUT2D eigenvalue weighted by Crippen LogP contribution is 2.28. The quantitative estimate of drug-likeness (QED) is 0.351. The van der Waals surface area contributed by atoms with Crippen molar-refractivity contribution in [1.29, 1.82) is 0 Å². The predicted molar refractivity (Wildman–Crippen MR) is 107 cm³/mol. The molecular formula is C21H20N2OS. The van der Waals surface area contributed by atoms with Crippen LogP contribution in [0.4, 0.5) is 5.69 Å². The summed E-state index contributed by atoms with van der Waals surface area (Å²) in [5.74, 6) is 1.75. The van der Waals surface area contributed by atoms with Crippen LogP contribution in [0.5, 0.6) is 5.75 Å². The first-order valence-corrected chi connectivity index (χ1v) is 9.02. The molecule has 0 amide bonds. The van der Waals surface area contributed by atoms with Crippen molar-refractivity contribution >= 4 is 23.7 Å². The number of rotatable bonds is 7. The number of benzene rings is 3. The van der Waals surface area contributed by atoms with Gasteiger partial charge in [-0.05, 0) is 35.9 Å². The topological polar surface area (TPSA) is 33.6 Å². The van der Waals surface area contributed by atoms with Gasteiger partial charge in [0.05, 0.1) is 19.0 Å². The minimum atomic E-state index is 0.868. The number of anilines is 1. The Labute approximate surface area is 152 Å². The largest absolute Gasteiger partial charge is 0.496 e. The van der Waals surface area contributed by atoms with E-state index in [1.165, 1.54) is 10.5 Å². The monoisotopic (exact) mass is 348 g/mol. The van der Waals surface area contributed by atoms with Crippen LogP contribution in [-0.2, 0) is 5.75 Å². The molecule has 0 unspecified atom stereocenters. The molecule has 3 aromatic rings. The number of thioether (sulfide) groups is 1. The van der Waals surface area contributed by atoms with Crippen molar-refractivity contribution in [3.63, 3.8) is 0 Å². The van der Waals surface area contributed by atoms with Crippen molar-refractivity contribution in [3.05, 3.63) is 90.0 Å². The Balaban J connectivity index is 1.64. The molecule has 25 heavy (non-hydrogen) atoms. The molecule has 0 aliphatic rings. The van der Waals surface area contributed by atoms with Gasteiger partial charge in [0.25, 0.3) is 0 Å². The highest BCUT2D eigenvalue weighted by atomic mass is 32.2. The van der Waals surface area contributed by atoms with E-state index in [0.717, 1.165) is 22.8 Å². The SMILES string of the molecule is COc1cc(C=NNc2ccccc2)ccc1CSc1ccccc1. The number of hydrazone groups is 1. The van der Waals surface area contributed by atoms with Crippen LogP contribution in [-0.4, -0.2) is 13.3 Å². The number of hydrogen-bond acceptors (Lipinski definition) is 4. The summed E-state index contributed by atoms with van der Waals surface area (Å²) in [6.45, 7) is 0. The molecule has 0 heterocycles. The van der Waals surface area contributed by atoms with Gasteiger partial charge < -0.3 is 4.74 Å². The molecular weight excluding hydrogens is 328 g/mol. The molecule has 0 saturated carbocycles. The molecule has 0 saturated heterocycles. The van der Waals surface area contributed by atoms with Crippen molar-refractivity contribution in [3.8, 4) is 5.75 Å². The van der Waals surface area contributed by atoms with E-state index in [4.69, 9.17) is 4.74 Å². The fourth-order valence-corrected chi connectivity index (χ4v) is 3.24. The summed E-state index contributed by atoms with van der Waals surface area (Å²) in [7, 11) is 1.70. The van der Waals surface area contributed by atoms with Crippen LogP contribution in [0.15, 0.2) is 88.9 Å². The highest BCUT2D eigenvalue weighted by Gasteiger charge is 2.05. The van der Waals surface area contributed by atoms with Gasteiger partial charge in [0.2, 0.25) is 0 Å². The Morgan fingerprint density at radius 3 is 2.40 bits per heavy atom. The smallest absolute Gasteiger partial charge is 0.123 e. The molecule has 0 aliphatic carbocycles. The fraction of sp³-hybridized carbons (Fsp3) is 0.0952. The predicted octanol–water partition coefficient (Wildman–Crippen LogP) is 5.43. The maximum Gasteiger partial charge on any atom is 0.123 e. The third-order valence-corrected chi connectivity index (χ3v) is 4.69. The fourth-order valence-electron chi connectivity index (χ4n) is 2.33. The molecule has 4 heteroatoms. The third-order valence-electron chi connectivity index (χ3n) is 3.63. The normalized spacial score (nSPS) is 10.8. The molecule has 3 nitrogen and oxygen atoms in total. The third kappa shape index (κ3) is 5.13. The molecule has 0 fully saturated rings. The van der Waals surface area contributed by atoms with E-state index in [9.17, 15) is 0 Å². The van der Waals surface area contributed by atoms with Crippen molar-refractivity contribution in [1.82, 2.24) is 0 Å². The second kappa shape index (κ2) is 8.94. The first-order valence-electron chi connectivity index (χ1n) is 8.04. The maximum absolute atomic E-state index is 5.54. The van der Waals surface area contributed by atoms with Crippen LogP contribution in [0.25, 0.3) is 0 Å². The summed E-state index contributed by atoms with van der Waals surface area (Å²) in [6.07, 6.45) is 1.80. The van der Waals surface area contributed by atoms with E-state index in [1.807, 2.05) is 42.5 Å². The summed E-state index contributed by atoms with van der Waals surface area (Å²) in [6, 6.07) is 26.4. The summed E-state index contributed by atoms with van der Waals surface area (Å²) in [5, 5.41) is 4.27. The van der Waals surface area contributed by atoms with Crippen LogP contribution in [0.3, 0.4) is 0 Å². The molecule has 0 aromatic heterocycles. The Hall–Kier alpha value is -2.72. The highest BCUT2D eigenvalue weighted by molar-refractivity contribution is 7.98. The molecule has 0 bridgehead atoms. The van der Waals surface area contributed by atoms with Gasteiger partial charge in [-0.1, -0.05) is 48.5 Å². The van der Waals surface area contributed by atoms with Crippen LogP contribution in [0.2, 0.25) is 0 Å². The van der Waals surface area contributed by atoms with Gasteiger partial charge in [0.15, 0.2) is 0 Å². The van der Waals surface area contributed by atoms with E-state index in [0.29, 0.717) is 0 Å². The standard InChI is InChI=1S/C21H20N2OS/c1-24-21-14-17(15-22-23-19-8-4-2-5-9-19)12-13-18(21)16-25-20-10-6-3-7-11-20/h2-15,23H,16H2,1H3. The Kier molecular flexibility index (Phi) is 6.12. The molecule has 3 rings (SSSR count). The van der Waals surface area contributed by atoms with Crippen molar-refractivity contribution < 1.29 is 4.74 Å². The first-order chi connectivity index (χ1) is 12.3. The zero-order valence-corrected chi connectivity index (χ0v) is 14.9. The number of methoxy groups -OCH3 is 1. The van der Waals surface area contributed by atoms with Gasteiger partial charge in [0.1, 0.15) is 5.75 Å². The Bertz CT molecular complexity index is 820. The molecule has 3 aromatic carbocycles. The van der Waals surface area contributed by atoms with Crippen molar-refractivity contribution in [2.75, 3.05) is 12.5 Å². The zero-order chi connectivity index (χ0) is 17.3. The van der Waals surface area contributed by atoms with Gasteiger partial charge in [-0.3, -0.25) is 5.43 Å². The minimum absolute atomic E-state index is 0.868. The summed E-state index contributed by atoms with van der Waals surface area (Å²) >= 11 is 1.80. The van der Waals surface area contributed by atoms with E-state index >= 15 is 0 Å². The molecule has 126 valence electrons. The van der Waals surface area contributed by atoms with Crippen molar-refractivity contribution in [2.45, 2.75) is 10.6 Å². The van der Waals surface area contributed by atoms with Gasteiger partial charge >= 0.3 is 0 Å². The van der Waals surface area contributed by atoms with Crippen LogP contribution < -0.4 is 10.2 Å². The molecule has 0 aliphatic heterocycles. The lowest BCUT2D eigenvalue weighted by molar-refractivity contribution is 0.411. The van der Waals surface area contributed by atoms with Gasteiger partial charge in [-0.2, -0.15) is 5.10 Å². The summed E-state index contributed by atoms with van der Waals surface area (Å²) < 4.78 is 5.54. The lowest BCUT2D eigenvalue weighted by Crippen LogP contribution is -1.94. The van der Waals surface area contributed by atoms with Crippen LogP contribution >= 0.6 is 11.8 Å². The van der Waals surface area contributed by atoms with Gasteiger partial charge in [-0.25, -0.2) is 0 Å². The number of para-hydroxylation sites is 1. The first kappa shape index (κ1) is 17.1. The van der Waals surface area contributed by atoms with E-state index in [-0.39, 0.29) is 0 Å². The summed E-state index contributed by atoms with van der Waals surface area (Å²) in [5.41, 5.74) is 6.14. The number of ether oxygens (including phenoxy) is 1. The van der Waals surface area contributed by atoms with Crippen molar-refractivity contribution in [2.24, 2.45) is 5.10 Å². The van der Waals surface area contributed by atoms with E-state index < -0.39 is 0 Å². The van der Waals surface area contributed by atoms with Gasteiger partial charge in [0, 0.05) is 16.2 Å². The minimum Gasteiger partial charge on any atom is -0.496 e. The lowest BCUT2D eigenvalue weighted by Gasteiger charge is -2.09. The number of nitrogens with zero attached hydrogens (tertiary/aromatic N) is 1. The van der Waals surface area contributed by atoms with E-state index in [1.54, 1.807) is 25.1 Å². The van der Waals surface area contributed by atoms with Crippen LogP contribution in [0.1, 0.15) is 11.1 Å². The number of nitrogens with one attached hydrogen (secondary N) is 1. The summed E-state index contributed by atoms with van der Waals surface area (Å²) in [4.78, 5) is 1.25. The number of hydrogen-bond donors (Lipinski definition) is 1. The van der Waals surface area contributed by atoms with Gasteiger partial charge in [-0.15, -0.1) is 11.8 Å². The second-order valence-electron chi connectivity index (χ2n) is 5.41. The zero-order valence-electron chi connectivity index (χ0n) is 14.1. The Morgan fingerprint density at radius 2 is 1.68 bits per heavy atom.